The van der Waals surface area contributed by atoms with E-state index in [1.807, 2.05) is 0 Å². The van der Waals surface area contributed by atoms with Crippen LogP contribution in [-0.2, 0) is 14.3 Å². The van der Waals surface area contributed by atoms with Crippen molar-refractivity contribution in [2.75, 3.05) is 13.2 Å². The minimum absolute atomic E-state index is 0.0254. The van der Waals surface area contributed by atoms with Gasteiger partial charge in [-0.2, -0.15) is 0 Å². The summed E-state index contributed by atoms with van der Waals surface area (Å²) >= 11 is 0. The van der Waals surface area contributed by atoms with Crippen LogP contribution in [0.5, 0.6) is 0 Å². The Hall–Kier alpha value is -1.14. The highest BCUT2D eigenvalue weighted by atomic mass is 16.5. The number of hydrogen-bond acceptors (Lipinski definition) is 5. The van der Waals surface area contributed by atoms with E-state index in [0.717, 1.165) is 38.5 Å². The monoisotopic (exact) mass is 1130 g/mol. The Morgan fingerprint density at radius 2 is 0.512 bits per heavy atom. The van der Waals surface area contributed by atoms with E-state index in [-0.39, 0.29) is 18.5 Å². The fourth-order valence-corrected chi connectivity index (χ4v) is 12.2. The van der Waals surface area contributed by atoms with Crippen molar-refractivity contribution in [2.24, 2.45) is 0 Å². The van der Waals surface area contributed by atoms with Gasteiger partial charge in [0.2, 0.25) is 5.91 Å². The van der Waals surface area contributed by atoms with Crippen LogP contribution in [0.4, 0.5) is 0 Å². The first-order valence-electron chi connectivity index (χ1n) is 37.3. The summed E-state index contributed by atoms with van der Waals surface area (Å²) < 4.78 is 5.51. The Balaban J connectivity index is 3.30. The van der Waals surface area contributed by atoms with Crippen LogP contribution in [-0.4, -0.2) is 47.4 Å². The summed E-state index contributed by atoms with van der Waals surface area (Å²) in [4.78, 5) is 24.6. The molecule has 0 aliphatic rings. The first kappa shape index (κ1) is 78.9. The normalized spacial score (nSPS) is 12.4. The molecule has 0 bridgehead atoms. The molecule has 0 saturated heterocycles. The van der Waals surface area contributed by atoms with Gasteiger partial charge < -0.3 is 20.3 Å². The van der Waals surface area contributed by atoms with E-state index in [2.05, 4.69) is 19.2 Å². The lowest BCUT2D eigenvalue weighted by atomic mass is 10.0. The molecule has 0 rings (SSSR count). The highest BCUT2D eigenvalue weighted by Crippen LogP contribution is 2.20. The summed E-state index contributed by atoms with van der Waals surface area (Å²) in [6.45, 7) is 5.01. The van der Waals surface area contributed by atoms with E-state index < -0.39 is 12.1 Å². The van der Waals surface area contributed by atoms with Gasteiger partial charge in [0, 0.05) is 12.8 Å². The van der Waals surface area contributed by atoms with Crippen molar-refractivity contribution < 1.29 is 24.5 Å². The Labute approximate surface area is 502 Å². The number of hydrogen-bond donors (Lipinski definition) is 3. The molecular weight excluding hydrogens is 983 g/mol. The number of aliphatic hydroxyl groups excluding tert-OH is 2. The number of amides is 1. The number of aliphatic hydroxyl groups is 2. The summed E-state index contributed by atoms with van der Waals surface area (Å²) in [5, 5.41) is 23.4. The molecule has 0 saturated carbocycles. The molecule has 0 fully saturated rings. The predicted molar refractivity (Wildman–Crippen MR) is 352 cm³/mol. The molecule has 0 heterocycles. The van der Waals surface area contributed by atoms with Crippen molar-refractivity contribution in [3.63, 3.8) is 0 Å². The topological polar surface area (TPSA) is 95.9 Å². The molecule has 0 aliphatic carbocycles. The Morgan fingerprint density at radius 3 is 0.762 bits per heavy atom. The van der Waals surface area contributed by atoms with E-state index in [1.165, 1.54) is 366 Å². The lowest BCUT2D eigenvalue weighted by molar-refractivity contribution is -0.143. The number of carbonyl (C=O) groups excluding carboxylic acids is 2. The molecule has 0 radical (unpaired) electrons. The highest BCUT2D eigenvalue weighted by molar-refractivity contribution is 5.76. The lowest BCUT2D eigenvalue weighted by Crippen LogP contribution is -2.45. The van der Waals surface area contributed by atoms with Gasteiger partial charge in [-0.25, -0.2) is 0 Å². The molecule has 0 aliphatic heterocycles. The van der Waals surface area contributed by atoms with Gasteiger partial charge in [-0.1, -0.05) is 399 Å². The van der Waals surface area contributed by atoms with Crippen molar-refractivity contribution in [3.05, 3.63) is 0 Å². The SMILES string of the molecule is CCCCCCCCCCCCCCCCCCC(O)C(CO)NC(=O)CCCCCCCCCCCCCCCCCCCCCCCCCCCCCCCCCCOC(=O)CCCCCCCCCCCCCCCCC. The fourth-order valence-electron chi connectivity index (χ4n) is 12.2. The Morgan fingerprint density at radius 1 is 0.300 bits per heavy atom. The molecule has 0 aromatic carbocycles. The number of ether oxygens (including phenoxy) is 1. The lowest BCUT2D eigenvalue weighted by Gasteiger charge is -2.22. The third-order valence-electron chi connectivity index (χ3n) is 17.9. The summed E-state index contributed by atoms with van der Waals surface area (Å²) in [6, 6.07) is -0.537. The fraction of sp³-hybridized carbons (Fsp3) is 0.973. The van der Waals surface area contributed by atoms with Crippen molar-refractivity contribution in [1.82, 2.24) is 5.32 Å². The zero-order chi connectivity index (χ0) is 57.8. The third-order valence-corrected chi connectivity index (χ3v) is 17.9. The molecule has 3 N–H and O–H groups in total. The number of rotatable bonds is 71. The second-order valence-electron chi connectivity index (χ2n) is 26.0. The van der Waals surface area contributed by atoms with Gasteiger partial charge in [0.1, 0.15) is 0 Å². The van der Waals surface area contributed by atoms with Crippen molar-refractivity contribution in [2.45, 2.75) is 450 Å². The molecule has 0 aromatic rings. The second-order valence-corrected chi connectivity index (χ2v) is 26.0. The quantitative estimate of drug-likeness (QED) is 0.0417. The minimum atomic E-state index is -0.660. The van der Waals surface area contributed by atoms with Crippen LogP contribution in [0.2, 0.25) is 0 Å². The maximum Gasteiger partial charge on any atom is 0.305 e. The van der Waals surface area contributed by atoms with Crippen LogP contribution in [0.15, 0.2) is 0 Å². The molecule has 6 heteroatoms. The van der Waals surface area contributed by atoms with Gasteiger partial charge in [-0.3, -0.25) is 9.59 Å². The maximum absolute atomic E-state index is 12.5. The molecule has 478 valence electrons. The average Bonchev–Trinajstić information content (AvgIpc) is 3.46. The van der Waals surface area contributed by atoms with Crippen LogP contribution in [0.25, 0.3) is 0 Å². The molecule has 0 spiro atoms. The third kappa shape index (κ3) is 66.0. The number of esters is 1. The standard InChI is InChI=1S/C74H147NO5/c1-3-5-7-9-11-13-15-17-19-39-42-46-50-54-58-62-66-72(77)71(70-76)75-73(78)67-63-59-55-51-47-43-40-36-34-32-30-28-26-24-22-20-21-23-25-27-29-31-33-35-37-41-45-49-53-57-61-65-69-80-74(79)68-64-60-56-52-48-44-38-18-16-14-12-10-8-6-4-2/h71-72,76-77H,3-70H2,1-2H3,(H,75,78). The van der Waals surface area contributed by atoms with Crippen LogP contribution < -0.4 is 5.32 Å². The summed E-state index contributed by atoms with van der Waals surface area (Å²) in [6.07, 6.45) is 86.0. The van der Waals surface area contributed by atoms with Crippen LogP contribution in [0.3, 0.4) is 0 Å². The number of carbonyl (C=O) groups is 2. The van der Waals surface area contributed by atoms with Gasteiger partial charge in [-0.15, -0.1) is 0 Å². The van der Waals surface area contributed by atoms with Gasteiger partial charge >= 0.3 is 5.97 Å². The summed E-state index contributed by atoms with van der Waals surface area (Å²) in [5.74, 6) is -0.000612. The average molecular weight is 1130 g/mol. The van der Waals surface area contributed by atoms with E-state index in [9.17, 15) is 19.8 Å². The molecule has 1 amide bonds. The molecular formula is C74H147NO5. The first-order valence-corrected chi connectivity index (χ1v) is 37.3. The van der Waals surface area contributed by atoms with Gasteiger partial charge in [0.15, 0.2) is 0 Å². The summed E-state index contributed by atoms with van der Waals surface area (Å²) in [7, 11) is 0. The summed E-state index contributed by atoms with van der Waals surface area (Å²) in [5.41, 5.74) is 0. The van der Waals surface area contributed by atoms with E-state index >= 15 is 0 Å². The molecule has 2 unspecified atom stereocenters. The van der Waals surface area contributed by atoms with E-state index in [1.54, 1.807) is 0 Å². The Bertz CT molecular complexity index is 1160. The first-order chi connectivity index (χ1) is 39.5. The predicted octanol–water partition coefficient (Wildman–Crippen LogP) is 24.2. The zero-order valence-corrected chi connectivity index (χ0v) is 54.9. The second kappa shape index (κ2) is 70.3. The maximum atomic E-state index is 12.5. The number of nitrogens with one attached hydrogen (secondary N) is 1. The molecule has 6 nitrogen and oxygen atoms in total. The smallest absolute Gasteiger partial charge is 0.305 e. The van der Waals surface area contributed by atoms with Crippen LogP contribution in [0, 0.1) is 0 Å². The largest absolute Gasteiger partial charge is 0.466 e. The van der Waals surface area contributed by atoms with Crippen LogP contribution in [0.1, 0.15) is 438 Å². The van der Waals surface area contributed by atoms with Gasteiger partial charge in [0.25, 0.3) is 0 Å². The van der Waals surface area contributed by atoms with Crippen LogP contribution >= 0.6 is 0 Å². The molecule has 2 atom stereocenters. The van der Waals surface area contributed by atoms with Crippen molar-refractivity contribution >= 4 is 11.9 Å². The van der Waals surface area contributed by atoms with Gasteiger partial charge in [-0.05, 0) is 25.7 Å². The highest BCUT2D eigenvalue weighted by Gasteiger charge is 2.20. The molecule has 0 aromatic heterocycles. The minimum Gasteiger partial charge on any atom is -0.466 e. The van der Waals surface area contributed by atoms with Crippen molar-refractivity contribution in [1.29, 1.82) is 0 Å². The van der Waals surface area contributed by atoms with E-state index in [4.69, 9.17) is 4.74 Å². The Kier molecular flexibility index (Phi) is 69.3. The number of unbranched alkanes of at least 4 members (excludes halogenated alkanes) is 60. The zero-order valence-electron chi connectivity index (χ0n) is 54.9. The molecule has 80 heavy (non-hydrogen) atoms. The van der Waals surface area contributed by atoms with E-state index in [0.29, 0.717) is 25.9 Å². The van der Waals surface area contributed by atoms with Gasteiger partial charge in [0.05, 0.1) is 25.4 Å². The van der Waals surface area contributed by atoms with Crippen molar-refractivity contribution in [3.8, 4) is 0 Å².